The van der Waals surface area contributed by atoms with Crippen LogP contribution in [0.1, 0.15) is 5.69 Å². The van der Waals surface area contributed by atoms with Crippen LogP contribution in [0.3, 0.4) is 0 Å². The maximum absolute atomic E-state index is 5.42. The Hall–Kier alpha value is -1.29. The molecule has 0 aromatic carbocycles. The van der Waals surface area contributed by atoms with Crippen molar-refractivity contribution < 1.29 is 9.47 Å². The Morgan fingerprint density at radius 2 is 2.08 bits per heavy atom. The summed E-state index contributed by atoms with van der Waals surface area (Å²) in [5.41, 5.74) is 6.18. The number of aromatic nitrogens is 1. The quantitative estimate of drug-likeness (QED) is 0.716. The smallest absolute Gasteiger partial charge is 0.216 e. The number of hydrogen-bond acceptors (Lipinski definition) is 4. The zero-order valence-electron chi connectivity index (χ0n) is 7.20. The molecule has 0 aliphatic rings. The SMILES string of the molecule is COc1cc(CN)nc(OC)c1. The monoisotopic (exact) mass is 168 g/mol. The van der Waals surface area contributed by atoms with Gasteiger partial charge in [-0.3, -0.25) is 0 Å². The Labute approximate surface area is 71.3 Å². The maximum atomic E-state index is 5.42. The van der Waals surface area contributed by atoms with Gasteiger partial charge in [0.1, 0.15) is 5.75 Å². The standard InChI is InChI=1S/C8H12N2O2/c1-11-7-3-6(5-9)10-8(4-7)12-2/h3-4H,5,9H2,1-2H3. The molecule has 0 aliphatic carbocycles. The second-order valence-electron chi connectivity index (χ2n) is 2.24. The van der Waals surface area contributed by atoms with Crippen LogP contribution in [0.15, 0.2) is 12.1 Å². The van der Waals surface area contributed by atoms with Gasteiger partial charge < -0.3 is 15.2 Å². The van der Waals surface area contributed by atoms with Crippen molar-refractivity contribution >= 4 is 0 Å². The van der Waals surface area contributed by atoms with Crippen molar-refractivity contribution in [3.63, 3.8) is 0 Å². The molecule has 1 heterocycles. The second kappa shape index (κ2) is 3.92. The van der Waals surface area contributed by atoms with Gasteiger partial charge in [-0.05, 0) is 0 Å². The largest absolute Gasteiger partial charge is 0.496 e. The molecule has 0 radical (unpaired) electrons. The molecule has 12 heavy (non-hydrogen) atoms. The van der Waals surface area contributed by atoms with Gasteiger partial charge in [-0.15, -0.1) is 0 Å². The summed E-state index contributed by atoms with van der Waals surface area (Å²) in [5, 5.41) is 0. The number of nitrogens with two attached hydrogens (primary N) is 1. The predicted octanol–water partition coefficient (Wildman–Crippen LogP) is 0.557. The van der Waals surface area contributed by atoms with E-state index < -0.39 is 0 Å². The van der Waals surface area contributed by atoms with Crippen LogP contribution in [0.25, 0.3) is 0 Å². The topological polar surface area (TPSA) is 57.4 Å². The first-order valence-electron chi connectivity index (χ1n) is 3.59. The molecule has 0 unspecified atom stereocenters. The molecule has 0 bridgehead atoms. The molecule has 2 N–H and O–H groups in total. The Kier molecular flexibility index (Phi) is 2.88. The van der Waals surface area contributed by atoms with E-state index in [0.29, 0.717) is 18.2 Å². The fourth-order valence-electron chi connectivity index (χ4n) is 0.861. The molecule has 1 rings (SSSR count). The number of ether oxygens (including phenoxy) is 2. The summed E-state index contributed by atoms with van der Waals surface area (Å²) in [7, 11) is 3.15. The molecular weight excluding hydrogens is 156 g/mol. The molecule has 1 aromatic rings. The summed E-state index contributed by atoms with van der Waals surface area (Å²) in [6.07, 6.45) is 0. The van der Waals surface area contributed by atoms with Gasteiger partial charge in [0.05, 0.1) is 19.9 Å². The van der Waals surface area contributed by atoms with Crippen LogP contribution < -0.4 is 15.2 Å². The summed E-state index contributed by atoms with van der Waals surface area (Å²) in [6.45, 7) is 0.383. The zero-order chi connectivity index (χ0) is 8.97. The average Bonchev–Trinajstić information content (AvgIpc) is 2.16. The van der Waals surface area contributed by atoms with E-state index in [9.17, 15) is 0 Å². The van der Waals surface area contributed by atoms with E-state index >= 15 is 0 Å². The highest BCUT2D eigenvalue weighted by molar-refractivity contribution is 5.30. The third-order valence-electron chi connectivity index (χ3n) is 1.48. The first-order chi connectivity index (χ1) is 5.80. The van der Waals surface area contributed by atoms with Gasteiger partial charge >= 0.3 is 0 Å². The van der Waals surface area contributed by atoms with Gasteiger partial charge in [-0.2, -0.15) is 0 Å². The van der Waals surface area contributed by atoms with E-state index in [4.69, 9.17) is 15.2 Å². The van der Waals surface area contributed by atoms with E-state index in [1.54, 1.807) is 26.4 Å². The van der Waals surface area contributed by atoms with Gasteiger partial charge in [0.25, 0.3) is 0 Å². The molecular formula is C8H12N2O2. The molecule has 0 aliphatic heterocycles. The summed E-state index contributed by atoms with van der Waals surface area (Å²) in [5.74, 6) is 1.23. The number of methoxy groups -OCH3 is 2. The van der Waals surface area contributed by atoms with Crippen LogP contribution in [-0.4, -0.2) is 19.2 Å². The Morgan fingerprint density at radius 1 is 1.33 bits per heavy atom. The molecule has 0 spiro atoms. The van der Waals surface area contributed by atoms with E-state index in [1.165, 1.54) is 0 Å². The van der Waals surface area contributed by atoms with Gasteiger partial charge in [-0.25, -0.2) is 4.98 Å². The highest BCUT2D eigenvalue weighted by Gasteiger charge is 2.00. The maximum Gasteiger partial charge on any atom is 0.216 e. The normalized spacial score (nSPS) is 9.58. The average molecular weight is 168 g/mol. The first kappa shape index (κ1) is 8.80. The fourth-order valence-corrected chi connectivity index (χ4v) is 0.861. The molecule has 1 aromatic heterocycles. The van der Waals surface area contributed by atoms with Gasteiger partial charge in [0, 0.05) is 18.7 Å². The summed E-state index contributed by atoms with van der Waals surface area (Å²) in [6, 6.07) is 3.49. The lowest BCUT2D eigenvalue weighted by Gasteiger charge is -2.05. The molecule has 0 fully saturated rings. The van der Waals surface area contributed by atoms with Crippen molar-refractivity contribution in [3.8, 4) is 11.6 Å². The van der Waals surface area contributed by atoms with Crippen LogP contribution in [0.2, 0.25) is 0 Å². The highest BCUT2D eigenvalue weighted by Crippen LogP contribution is 2.17. The van der Waals surface area contributed by atoms with E-state index in [0.717, 1.165) is 5.69 Å². The lowest BCUT2D eigenvalue weighted by Crippen LogP contribution is -2.01. The number of nitrogens with zero attached hydrogens (tertiary/aromatic N) is 1. The van der Waals surface area contributed by atoms with Gasteiger partial charge in [-0.1, -0.05) is 0 Å². The van der Waals surface area contributed by atoms with Crippen molar-refractivity contribution in [1.82, 2.24) is 4.98 Å². The number of rotatable bonds is 3. The van der Waals surface area contributed by atoms with Crippen molar-refractivity contribution in [2.75, 3.05) is 14.2 Å². The van der Waals surface area contributed by atoms with Crippen molar-refractivity contribution in [3.05, 3.63) is 17.8 Å². The third kappa shape index (κ3) is 1.85. The fraction of sp³-hybridized carbons (Fsp3) is 0.375. The van der Waals surface area contributed by atoms with E-state index in [2.05, 4.69) is 4.98 Å². The Bertz CT molecular complexity index is 208. The Morgan fingerprint density at radius 3 is 2.58 bits per heavy atom. The molecule has 4 nitrogen and oxygen atoms in total. The first-order valence-corrected chi connectivity index (χ1v) is 3.59. The second-order valence-corrected chi connectivity index (χ2v) is 2.24. The van der Waals surface area contributed by atoms with Crippen LogP contribution in [0.4, 0.5) is 0 Å². The summed E-state index contributed by atoms with van der Waals surface area (Å²) in [4.78, 5) is 4.09. The molecule has 0 saturated carbocycles. The molecule has 66 valence electrons. The van der Waals surface area contributed by atoms with Gasteiger partial charge in [0.2, 0.25) is 5.88 Å². The van der Waals surface area contributed by atoms with Crippen LogP contribution in [0.5, 0.6) is 11.6 Å². The molecule has 0 atom stereocenters. The zero-order valence-corrected chi connectivity index (χ0v) is 7.20. The van der Waals surface area contributed by atoms with E-state index in [-0.39, 0.29) is 0 Å². The third-order valence-corrected chi connectivity index (χ3v) is 1.48. The minimum atomic E-state index is 0.383. The van der Waals surface area contributed by atoms with Crippen molar-refractivity contribution in [2.24, 2.45) is 5.73 Å². The molecule has 0 amide bonds. The van der Waals surface area contributed by atoms with Crippen LogP contribution >= 0.6 is 0 Å². The van der Waals surface area contributed by atoms with Gasteiger partial charge in [0.15, 0.2) is 0 Å². The predicted molar refractivity (Wildman–Crippen MR) is 45.2 cm³/mol. The highest BCUT2D eigenvalue weighted by atomic mass is 16.5. The summed E-state index contributed by atoms with van der Waals surface area (Å²) < 4.78 is 9.98. The molecule has 4 heteroatoms. The van der Waals surface area contributed by atoms with Crippen molar-refractivity contribution in [2.45, 2.75) is 6.54 Å². The minimum absolute atomic E-state index is 0.383. The van der Waals surface area contributed by atoms with Crippen LogP contribution in [0, 0.1) is 0 Å². The number of hydrogen-bond donors (Lipinski definition) is 1. The number of pyridine rings is 1. The summed E-state index contributed by atoms with van der Waals surface area (Å²) >= 11 is 0. The Balaban J connectivity index is 3.01. The van der Waals surface area contributed by atoms with Crippen LogP contribution in [-0.2, 0) is 6.54 Å². The lowest BCUT2D eigenvalue weighted by molar-refractivity contribution is 0.380. The lowest BCUT2D eigenvalue weighted by atomic mass is 10.3. The van der Waals surface area contributed by atoms with E-state index in [1.807, 2.05) is 0 Å². The minimum Gasteiger partial charge on any atom is -0.496 e. The molecule has 0 saturated heterocycles. The van der Waals surface area contributed by atoms with Crippen molar-refractivity contribution in [1.29, 1.82) is 0 Å².